The van der Waals surface area contributed by atoms with Crippen LogP contribution in [0.25, 0.3) is 0 Å². The SMILES string of the molecule is COCC1(O)CN(C2CNC2)C1. The van der Waals surface area contributed by atoms with Crippen LogP contribution in [0.5, 0.6) is 0 Å². The summed E-state index contributed by atoms with van der Waals surface area (Å²) < 4.78 is 4.94. The molecular formula is C8H16N2O2. The predicted molar refractivity (Wildman–Crippen MR) is 45.1 cm³/mol. The number of nitrogens with zero attached hydrogens (tertiary/aromatic N) is 1. The molecule has 4 nitrogen and oxygen atoms in total. The smallest absolute Gasteiger partial charge is 0.113 e. The maximum Gasteiger partial charge on any atom is 0.113 e. The van der Waals surface area contributed by atoms with E-state index in [0.29, 0.717) is 12.6 Å². The Morgan fingerprint density at radius 2 is 2.25 bits per heavy atom. The van der Waals surface area contributed by atoms with Crippen LogP contribution in [-0.4, -0.2) is 61.5 Å². The van der Waals surface area contributed by atoms with E-state index in [1.54, 1.807) is 7.11 Å². The fourth-order valence-electron chi connectivity index (χ4n) is 1.86. The van der Waals surface area contributed by atoms with Crippen molar-refractivity contribution in [2.45, 2.75) is 11.6 Å². The molecule has 2 fully saturated rings. The lowest BCUT2D eigenvalue weighted by Gasteiger charge is -2.52. The van der Waals surface area contributed by atoms with Crippen molar-refractivity contribution >= 4 is 0 Å². The van der Waals surface area contributed by atoms with Gasteiger partial charge in [-0.2, -0.15) is 0 Å². The molecule has 0 aliphatic carbocycles. The van der Waals surface area contributed by atoms with E-state index in [9.17, 15) is 5.11 Å². The highest BCUT2D eigenvalue weighted by Crippen LogP contribution is 2.24. The van der Waals surface area contributed by atoms with Gasteiger partial charge in [-0.05, 0) is 0 Å². The third-order valence-corrected chi connectivity index (χ3v) is 2.68. The summed E-state index contributed by atoms with van der Waals surface area (Å²) in [5.41, 5.74) is -0.565. The number of rotatable bonds is 3. The summed E-state index contributed by atoms with van der Waals surface area (Å²) in [6.45, 7) is 4.15. The van der Waals surface area contributed by atoms with Crippen molar-refractivity contribution in [1.29, 1.82) is 0 Å². The molecule has 4 heteroatoms. The molecule has 2 N–H and O–H groups in total. The first-order valence-electron chi connectivity index (χ1n) is 4.40. The fraction of sp³-hybridized carbons (Fsp3) is 1.00. The number of hydrogen-bond acceptors (Lipinski definition) is 4. The Morgan fingerprint density at radius 1 is 1.58 bits per heavy atom. The predicted octanol–water partition coefficient (Wildman–Crippen LogP) is -1.35. The Balaban J connectivity index is 1.74. The highest BCUT2D eigenvalue weighted by molar-refractivity contribution is 5.01. The molecule has 2 rings (SSSR count). The highest BCUT2D eigenvalue weighted by Gasteiger charge is 2.45. The van der Waals surface area contributed by atoms with Crippen molar-refractivity contribution in [2.75, 3.05) is 39.9 Å². The Morgan fingerprint density at radius 3 is 2.67 bits per heavy atom. The Kier molecular flexibility index (Phi) is 2.08. The van der Waals surface area contributed by atoms with E-state index < -0.39 is 5.60 Å². The van der Waals surface area contributed by atoms with Crippen molar-refractivity contribution in [2.24, 2.45) is 0 Å². The van der Waals surface area contributed by atoms with Crippen molar-refractivity contribution in [1.82, 2.24) is 10.2 Å². The standard InChI is InChI=1S/C8H16N2O2/c1-12-6-8(11)4-10(5-8)7-2-9-3-7/h7,9,11H,2-6H2,1H3. The van der Waals surface area contributed by atoms with Crippen LogP contribution in [0.4, 0.5) is 0 Å². The number of nitrogens with one attached hydrogen (secondary N) is 1. The molecule has 0 amide bonds. The van der Waals surface area contributed by atoms with Gasteiger partial charge in [0.1, 0.15) is 5.60 Å². The van der Waals surface area contributed by atoms with Gasteiger partial charge in [-0.3, -0.25) is 4.90 Å². The minimum atomic E-state index is -0.565. The summed E-state index contributed by atoms with van der Waals surface area (Å²) in [4.78, 5) is 2.30. The van der Waals surface area contributed by atoms with E-state index in [1.165, 1.54) is 0 Å². The van der Waals surface area contributed by atoms with Gasteiger partial charge in [-0.15, -0.1) is 0 Å². The van der Waals surface area contributed by atoms with Gasteiger partial charge in [0.05, 0.1) is 6.61 Å². The minimum absolute atomic E-state index is 0.462. The molecular weight excluding hydrogens is 156 g/mol. The quantitative estimate of drug-likeness (QED) is 0.552. The number of ether oxygens (including phenoxy) is 1. The molecule has 0 spiro atoms. The van der Waals surface area contributed by atoms with Crippen molar-refractivity contribution in [3.8, 4) is 0 Å². The van der Waals surface area contributed by atoms with Crippen LogP contribution >= 0.6 is 0 Å². The average Bonchev–Trinajstić information content (AvgIpc) is 1.80. The van der Waals surface area contributed by atoms with Crippen molar-refractivity contribution in [3.05, 3.63) is 0 Å². The molecule has 0 aromatic heterocycles. The van der Waals surface area contributed by atoms with Crippen LogP contribution in [0.3, 0.4) is 0 Å². The van der Waals surface area contributed by atoms with Gasteiger partial charge in [-0.1, -0.05) is 0 Å². The van der Waals surface area contributed by atoms with Gasteiger partial charge >= 0.3 is 0 Å². The lowest BCUT2D eigenvalue weighted by Crippen LogP contribution is -2.72. The molecule has 0 bridgehead atoms. The molecule has 0 aromatic carbocycles. The van der Waals surface area contributed by atoms with Gasteiger partial charge in [-0.25, -0.2) is 0 Å². The Labute approximate surface area is 72.5 Å². The van der Waals surface area contributed by atoms with Gasteiger partial charge in [0.15, 0.2) is 0 Å². The first kappa shape index (κ1) is 8.44. The van der Waals surface area contributed by atoms with E-state index in [0.717, 1.165) is 26.2 Å². The molecule has 2 aliphatic heterocycles. The molecule has 2 heterocycles. The second kappa shape index (κ2) is 2.96. The molecule has 0 atom stereocenters. The fourth-order valence-corrected chi connectivity index (χ4v) is 1.86. The van der Waals surface area contributed by atoms with Crippen LogP contribution in [0, 0.1) is 0 Å². The third-order valence-electron chi connectivity index (χ3n) is 2.68. The first-order valence-corrected chi connectivity index (χ1v) is 4.40. The monoisotopic (exact) mass is 172 g/mol. The summed E-state index contributed by atoms with van der Waals surface area (Å²) in [5.74, 6) is 0. The maximum atomic E-state index is 9.76. The lowest BCUT2D eigenvalue weighted by molar-refractivity contribution is -0.151. The second-order valence-electron chi connectivity index (χ2n) is 3.87. The van der Waals surface area contributed by atoms with Crippen LogP contribution in [0.2, 0.25) is 0 Å². The molecule has 0 radical (unpaired) electrons. The van der Waals surface area contributed by atoms with E-state index in [1.807, 2.05) is 0 Å². The third kappa shape index (κ3) is 1.35. The van der Waals surface area contributed by atoms with E-state index in [-0.39, 0.29) is 0 Å². The normalized spacial score (nSPS) is 29.5. The molecule has 70 valence electrons. The molecule has 0 aromatic rings. The number of β-amino-alcohol motifs (C(OH)–C–C–N with tert-alkyl or cyclic N) is 1. The largest absolute Gasteiger partial charge is 0.385 e. The number of hydrogen-bond donors (Lipinski definition) is 2. The van der Waals surface area contributed by atoms with E-state index in [4.69, 9.17) is 4.74 Å². The minimum Gasteiger partial charge on any atom is -0.385 e. The van der Waals surface area contributed by atoms with Crippen LogP contribution in [-0.2, 0) is 4.74 Å². The van der Waals surface area contributed by atoms with Gasteiger partial charge in [0, 0.05) is 39.3 Å². The molecule has 2 aliphatic rings. The van der Waals surface area contributed by atoms with Gasteiger partial charge < -0.3 is 15.2 Å². The number of methoxy groups -OCH3 is 1. The zero-order chi connectivity index (χ0) is 8.60. The summed E-state index contributed by atoms with van der Waals surface area (Å²) >= 11 is 0. The second-order valence-corrected chi connectivity index (χ2v) is 3.87. The van der Waals surface area contributed by atoms with Crippen LogP contribution in [0.15, 0.2) is 0 Å². The lowest BCUT2D eigenvalue weighted by atomic mass is 9.91. The van der Waals surface area contributed by atoms with Gasteiger partial charge in [0.2, 0.25) is 0 Å². The number of aliphatic hydroxyl groups is 1. The van der Waals surface area contributed by atoms with Crippen molar-refractivity contribution in [3.63, 3.8) is 0 Å². The molecule has 0 saturated carbocycles. The van der Waals surface area contributed by atoms with Crippen LogP contribution < -0.4 is 5.32 Å². The molecule has 0 unspecified atom stereocenters. The Bertz CT molecular complexity index is 164. The summed E-state index contributed by atoms with van der Waals surface area (Å²) in [6, 6.07) is 0.655. The Hall–Kier alpha value is -0.160. The van der Waals surface area contributed by atoms with Crippen molar-refractivity contribution < 1.29 is 9.84 Å². The maximum absolute atomic E-state index is 9.76. The zero-order valence-corrected chi connectivity index (χ0v) is 7.42. The molecule has 2 saturated heterocycles. The van der Waals surface area contributed by atoms with E-state index >= 15 is 0 Å². The van der Waals surface area contributed by atoms with Crippen LogP contribution in [0.1, 0.15) is 0 Å². The summed E-state index contributed by atoms with van der Waals surface area (Å²) in [5, 5.41) is 13.0. The molecule has 12 heavy (non-hydrogen) atoms. The summed E-state index contributed by atoms with van der Waals surface area (Å²) in [6.07, 6.45) is 0. The first-order chi connectivity index (χ1) is 5.73. The highest BCUT2D eigenvalue weighted by atomic mass is 16.5. The zero-order valence-electron chi connectivity index (χ0n) is 7.42. The summed E-state index contributed by atoms with van der Waals surface area (Å²) in [7, 11) is 1.63. The topological polar surface area (TPSA) is 44.7 Å². The number of likely N-dealkylation sites (tertiary alicyclic amines) is 1. The van der Waals surface area contributed by atoms with E-state index in [2.05, 4.69) is 10.2 Å². The van der Waals surface area contributed by atoms with Gasteiger partial charge in [0.25, 0.3) is 0 Å². The average molecular weight is 172 g/mol.